The van der Waals surface area contributed by atoms with E-state index >= 15 is 0 Å². The van der Waals surface area contributed by atoms with Crippen molar-refractivity contribution in [2.45, 2.75) is 32.0 Å². The van der Waals surface area contributed by atoms with E-state index in [0.29, 0.717) is 32.5 Å². The van der Waals surface area contributed by atoms with Crippen LogP contribution >= 0.6 is 0 Å². The second-order valence-corrected chi connectivity index (χ2v) is 6.07. The third-order valence-electron chi connectivity index (χ3n) is 4.39. The van der Waals surface area contributed by atoms with Crippen LogP contribution in [0.3, 0.4) is 0 Å². The maximum atomic E-state index is 13.1. The van der Waals surface area contributed by atoms with Crippen molar-refractivity contribution in [2.75, 3.05) is 26.7 Å². The van der Waals surface area contributed by atoms with Gasteiger partial charge in [0, 0.05) is 32.7 Å². The monoisotopic (exact) mass is 357 g/mol. The topological polar surface area (TPSA) is 52.7 Å². The number of benzene rings is 1. The average molecular weight is 357 g/mol. The number of carbonyl (C=O) groups is 2. The number of nitrogens with zero attached hydrogens (tertiary/aromatic N) is 2. The van der Waals surface area contributed by atoms with E-state index in [4.69, 9.17) is 0 Å². The Bertz CT molecular complexity index is 626. The van der Waals surface area contributed by atoms with Gasteiger partial charge in [-0.2, -0.15) is 13.2 Å². The molecule has 1 aromatic rings. The predicted octanol–water partition coefficient (Wildman–Crippen LogP) is 2.97. The molecule has 25 heavy (non-hydrogen) atoms. The number of nitrogens with one attached hydrogen (secondary N) is 1. The van der Waals surface area contributed by atoms with Crippen molar-refractivity contribution in [3.63, 3.8) is 0 Å². The fourth-order valence-electron chi connectivity index (χ4n) is 2.74. The molecule has 1 N–H and O–H groups in total. The van der Waals surface area contributed by atoms with Crippen molar-refractivity contribution in [1.82, 2.24) is 15.1 Å². The van der Waals surface area contributed by atoms with Crippen LogP contribution in [0.5, 0.6) is 0 Å². The van der Waals surface area contributed by atoms with Crippen LogP contribution in [-0.4, -0.2) is 54.5 Å². The third-order valence-corrected chi connectivity index (χ3v) is 4.39. The molecule has 0 spiro atoms. The Morgan fingerprint density at radius 2 is 1.84 bits per heavy atom. The van der Waals surface area contributed by atoms with Gasteiger partial charge >= 0.3 is 12.2 Å². The van der Waals surface area contributed by atoms with Crippen LogP contribution in [0.25, 0.3) is 0 Å². The molecule has 1 fully saturated rings. The molecule has 8 heteroatoms. The maximum Gasteiger partial charge on any atom is 0.417 e. The van der Waals surface area contributed by atoms with E-state index in [1.165, 1.54) is 28.0 Å². The van der Waals surface area contributed by atoms with Crippen LogP contribution in [0.4, 0.5) is 18.0 Å². The normalized spacial score (nSPS) is 15.8. The van der Waals surface area contributed by atoms with Crippen molar-refractivity contribution in [1.29, 1.82) is 0 Å². The Morgan fingerprint density at radius 3 is 2.40 bits per heavy atom. The minimum Gasteiger partial charge on any atom is -0.338 e. The van der Waals surface area contributed by atoms with E-state index in [9.17, 15) is 22.8 Å². The molecule has 1 heterocycles. The van der Waals surface area contributed by atoms with Crippen molar-refractivity contribution >= 4 is 11.9 Å². The first kappa shape index (κ1) is 19.1. The maximum absolute atomic E-state index is 13.1. The highest BCUT2D eigenvalue weighted by Gasteiger charge is 2.36. The van der Waals surface area contributed by atoms with Gasteiger partial charge in [0.2, 0.25) is 0 Å². The van der Waals surface area contributed by atoms with Gasteiger partial charge in [-0.05, 0) is 31.9 Å². The molecule has 1 aliphatic rings. The zero-order valence-electron chi connectivity index (χ0n) is 14.3. The highest BCUT2D eigenvalue weighted by atomic mass is 19.4. The van der Waals surface area contributed by atoms with E-state index in [1.54, 1.807) is 7.05 Å². The molecule has 0 bridgehead atoms. The van der Waals surface area contributed by atoms with Crippen LogP contribution in [0, 0.1) is 0 Å². The van der Waals surface area contributed by atoms with Gasteiger partial charge in [0.05, 0.1) is 11.1 Å². The summed E-state index contributed by atoms with van der Waals surface area (Å²) in [7, 11) is 1.68. The molecule has 5 nitrogen and oxygen atoms in total. The number of halogens is 3. The van der Waals surface area contributed by atoms with E-state index in [-0.39, 0.29) is 17.6 Å². The Kier molecular flexibility index (Phi) is 5.92. The number of likely N-dealkylation sites (tertiary alicyclic amines) is 1. The second kappa shape index (κ2) is 7.76. The van der Waals surface area contributed by atoms with Crippen LogP contribution in [-0.2, 0) is 6.18 Å². The summed E-state index contributed by atoms with van der Waals surface area (Å²) in [6.45, 7) is 3.06. The molecule has 0 aromatic heterocycles. The smallest absolute Gasteiger partial charge is 0.338 e. The Morgan fingerprint density at radius 1 is 1.24 bits per heavy atom. The van der Waals surface area contributed by atoms with Crippen LogP contribution in [0.2, 0.25) is 0 Å². The molecule has 138 valence electrons. The van der Waals surface area contributed by atoms with Gasteiger partial charge in [0.25, 0.3) is 5.91 Å². The van der Waals surface area contributed by atoms with Gasteiger partial charge in [0.15, 0.2) is 0 Å². The average Bonchev–Trinajstić information content (AvgIpc) is 2.60. The molecule has 0 aliphatic carbocycles. The van der Waals surface area contributed by atoms with Gasteiger partial charge < -0.3 is 15.1 Å². The largest absolute Gasteiger partial charge is 0.417 e. The van der Waals surface area contributed by atoms with Gasteiger partial charge in [-0.25, -0.2) is 4.79 Å². The Labute approximate surface area is 144 Å². The summed E-state index contributed by atoms with van der Waals surface area (Å²) in [6.07, 6.45) is -3.53. The molecule has 1 aromatic carbocycles. The highest BCUT2D eigenvalue weighted by molar-refractivity contribution is 5.96. The summed E-state index contributed by atoms with van der Waals surface area (Å²) in [4.78, 5) is 27.3. The summed E-state index contributed by atoms with van der Waals surface area (Å²) in [5.41, 5.74) is -1.25. The molecular formula is C17H22F3N3O2. The van der Waals surface area contributed by atoms with Gasteiger partial charge in [-0.15, -0.1) is 0 Å². The lowest BCUT2D eigenvalue weighted by Crippen LogP contribution is -2.49. The lowest BCUT2D eigenvalue weighted by Gasteiger charge is -2.33. The number of carbonyl (C=O) groups excluding carboxylic acids is 2. The van der Waals surface area contributed by atoms with Crippen molar-refractivity contribution < 1.29 is 22.8 Å². The number of hydrogen-bond donors (Lipinski definition) is 1. The summed E-state index contributed by atoms with van der Waals surface area (Å²) in [6, 6.07) is 4.55. The number of hydrogen-bond acceptors (Lipinski definition) is 2. The molecule has 0 unspecified atom stereocenters. The molecule has 0 atom stereocenters. The first-order chi connectivity index (χ1) is 11.7. The molecular weight excluding hydrogens is 335 g/mol. The first-order valence-corrected chi connectivity index (χ1v) is 8.21. The Balaban J connectivity index is 2.00. The lowest BCUT2D eigenvalue weighted by molar-refractivity contribution is -0.138. The molecule has 3 amide bonds. The number of urea groups is 1. The summed E-state index contributed by atoms with van der Waals surface area (Å²) in [5, 5.41) is 2.87. The Hall–Kier alpha value is -2.25. The van der Waals surface area contributed by atoms with E-state index in [0.717, 1.165) is 6.07 Å². The van der Waals surface area contributed by atoms with Crippen molar-refractivity contribution in [3.05, 3.63) is 35.4 Å². The zero-order valence-corrected chi connectivity index (χ0v) is 14.3. The second-order valence-electron chi connectivity index (χ2n) is 6.07. The molecule has 2 rings (SSSR count). The first-order valence-electron chi connectivity index (χ1n) is 8.21. The van der Waals surface area contributed by atoms with E-state index in [1.807, 2.05) is 6.92 Å². The third kappa shape index (κ3) is 4.64. The molecule has 1 aliphatic heterocycles. The van der Waals surface area contributed by atoms with E-state index < -0.39 is 17.6 Å². The quantitative estimate of drug-likeness (QED) is 0.904. The van der Waals surface area contributed by atoms with Crippen molar-refractivity contribution in [3.8, 4) is 0 Å². The standard InChI is InChI=1S/C17H22F3N3O2/c1-3-22(2)16(25)21-12-8-10-23(11-9-12)15(24)13-6-4-5-7-14(13)17(18,19)20/h4-7,12H,3,8-11H2,1-2H3,(H,21,25). The van der Waals surface area contributed by atoms with Crippen LogP contribution in [0.1, 0.15) is 35.7 Å². The molecule has 0 radical (unpaired) electrons. The fraction of sp³-hybridized carbons (Fsp3) is 0.529. The van der Waals surface area contributed by atoms with Gasteiger partial charge in [-0.1, -0.05) is 12.1 Å². The number of alkyl halides is 3. The van der Waals surface area contributed by atoms with Crippen LogP contribution in [0.15, 0.2) is 24.3 Å². The minimum absolute atomic E-state index is 0.0802. The number of amides is 3. The molecule has 0 saturated carbocycles. The summed E-state index contributed by atoms with van der Waals surface area (Å²) in [5.74, 6) is -0.622. The highest BCUT2D eigenvalue weighted by Crippen LogP contribution is 2.32. The van der Waals surface area contributed by atoms with Gasteiger partial charge in [0.1, 0.15) is 0 Å². The van der Waals surface area contributed by atoms with Crippen molar-refractivity contribution in [2.24, 2.45) is 0 Å². The summed E-state index contributed by atoms with van der Waals surface area (Å²) < 4.78 is 39.2. The SMILES string of the molecule is CCN(C)C(=O)NC1CCN(C(=O)c2ccccc2C(F)(F)F)CC1. The number of rotatable bonds is 3. The lowest BCUT2D eigenvalue weighted by atomic mass is 10.0. The predicted molar refractivity (Wildman–Crippen MR) is 87.2 cm³/mol. The fourth-order valence-corrected chi connectivity index (χ4v) is 2.74. The van der Waals surface area contributed by atoms with E-state index in [2.05, 4.69) is 5.32 Å². The molecule has 1 saturated heterocycles. The minimum atomic E-state index is -4.57. The van der Waals surface area contributed by atoms with Gasteiger partial charge in [-0.3, -0.25) is 4.79 Å². The zero-order chi connectivity index (χ0) is 18.6. The number of piperidine rings is 1. The van der Waals surface area contributed by atoms with Crippen LogP contribution < -0.4 is 5.32 Å². The summed E-state index contributed by atoms with van der Waals surface area (Å²) >= 11 is 0.